The molecule has 1 rings (SSSR count). The molecule has 1 aromatic carbocycles. The molecular weight excluding hydrogens is 456 g/mol. The topological polar surface area (TPSA) is 52.6 Å². The van der Waals surface area contributed by atoms with Crippen LogP contribution >= 0.6 is 20.6 Å². The van der Waals surface area contributed by atoms with Crippen molar-refractivity contribution < 1.29 is 46.5 Å². The van der Waals surface area contributed by atoms with E-state index in [4.69, 9.17) is 0 Å². The first-order valence-corrected chi connectivity index (χ1v) is 8.24. The van der Waals surface area contributed by atoms with Crippen LogP contribution in [0.4, 0.5) is 30.7 Å². The first kappa shape index (κ1) is 19.4. The second-order valence-electron chi connectivity index (χ2n) is 3.62. The summed E-state index contributed by atoms with van der Waals surface area (Å²) in [6.07, 6.45) is -11.9. The van der Waals surface area contributed by atoms with Crippen LogP contribution in [0.3, 0.4) is 0 Å². The molecule has 0 aliphatic carbocycles. The SMILES string of the molecule is O=C(OI(OC(=O)C(F)F)c1ccc(C(F)(F)F)cc1)C(F)F. The molecule has 0 heterocycles. The van der Waals surface area contributed by atoms with Gasteiger partial charge in [-0.05, 0) is 0 Å². The summed E-state index contributed by atoms with van der Waals surface area (Å²) in [7, 11) is 0. The van der Waals surface area contributed by atoms with Crippen molar-refractivity contribution in [3.8, 4) is 0 Å². The van der Waals surface area contributed by atoms with Crippen LogP contribution < -0.4 is 0 Å². The zero-order chi connectivity index (χ0) is 17.8. The minimum atomic E-state index is -4.70. The summed E-state index contributed by atoms with van der Waals surface area (Å²) < 4.78 is 93.7. The molecule has 0 aliphatic heterocycles. The van der Waals surface area contributed by atoms with Crippen LogP contribution in [-0.2, 0) is 21.9 Å². The van der Waals surface area contributed by atoms with Crippen LogP contribution in [0.25, 0.3) is 0 Å². The van der Waals surface area contributed by atoms with Crippen molar-refractivity contribution in [1.29, 1.82) is 0 Å². The molecule has 0 spiro atoms. The zero-order valence-electron chi connectivity index (χ0n) is 10.6. The van der Waals surface area contributed by atoms with E-state index in [0.29, 0.717) is 24.3 Å². The fourth-order valence-corrected chi connectivity index (χ4v) is 3.77. The number of hydrogen-bond acceptors (Lipinski definition) is 4. The standard InChI is InChI=1S/C11H6F7IO4/c12-7(13)9(20)22-19(23-10(21)8(14)15)6-3-1-5(2-4-6)11(16,17)18/h1-4,7-8H. The summed E-state index contributed by atoms with van der Waals surface area (Å²) >= 11 is -4.12. The number of alkyl halides is 7. The second kappa shape index (κ2) is 7.79. The molecule has 0 amide bonds. The van der Waals surface area contributed by atoms with Crippen molar-refractivity contribution in [3.63, 3.8) is 0 Å². The first-order valence-electron chi connectivity index (χ1n) is 5.40. The van der Waals surface area contributed by atoms with E-state index in [-0.39, 0.29) is 3.57 Å². The number of rotatable bonds is 5. The van der Waals surface area contributed by atoms with Gasteiger partial charge in [0.05, 0.1) is 0 Å². The Hall–Kier alpha value is -1.60. The number of halogens is 8. The molecule has 0 saturated carbocycles. The number of carbonyl (C=O) groups excluding carboxylic acids is 2. The molecule has 1 aromatic rings. The van der Waals surface area contributed by atoms with E-state index in [0.717, 1.165) is 0 Å². The Kier molecular flexibility index (Phi) is 6.58. The van der Waals surface area contributed by atoms with E-state index in [9.17, 15) is 40.3 Å². The van der Waals surface area contributed by atoms with Crippen LogP contribution in [0.1, 0.15) is 5.56 Å². The number of carbonyl (C=O) groups is 2. The van der Waals surface area contributed by atoms with Gasteiger partial charge in [-0.25, -0.2) is 0 Å². The fourth-order valence-electron chi connectivity index (χ4n) is 1.05. The van der Waals surface area contributed by atoms with Crippen LogP contribution in [-0.4, -0.2) is 24.8 Å². The summed E-state index contributed by atoms with van der Waals surface area (Å²) in [5.41, 5.74) is -1.11. The summed E-state index contributed by atoms with van der Waals surface area (Å²) in [6.45, 7) is 0. The van der Waals surface area contributed by atoms with Gasteiger partial charge in [0, 0.05) is 0 Å². The van der Waals surface area contributed by atoms with Gasteiger partial charge in [0.1, 0.15) is 0 Å². The molecule has 0 aromatic heterocycles. The van der Waals surface area contributed by atoms with Crippen LogP contribution in [0.5, 0.6) is 0 Å². The summed E-state index contributed by atoms with van der Waals surface area (Å²) in [4.78, 5) is 21.6. The normalized spacial score (nSPS) is 12.3. The summed E-state index contributed by atoms with van der Waals surface area (Å²) in [5, 5.41) is 0. The Balaban J connectivity index is 3.03. The first-order chi connectivity index (χ1) is 10.5. The van der Waals surface area contributed by atoms with Crippen LogP contribution in [0.2, 0.25) is 0 Å². The van der Waals surface area contributed by atoms with E-state index in [1.807, 2.05) is 0 Å². The summed E-state index contributed by atoms with van der Waals surface area (Å²) in [6, 6.07) is 2.41. The van der Waals surface area contributed by atoms with Gasteiger partial charge in [0.25, 0.3) is 0 Å². The third-order valence-corrected chi connectivity index (χ3v) is 5.40. The Morgan fingerprint density at radius 2 is 1.26 bits per heavy atom. The van der Waals surface area contributed by atoms with Crippen LogP contribution in [0, 0.1) is 3.57 Å². The van der Waals surface area contributed by atoms with Crippen LogP contribution in [0.15, 0.2) is 24.3 Å². The summed E-state index contributed by atoms with van der Waals surface area (Å²) in [5.74, 6) is -4.26. The minimum absolute atomic E-state index is 0.356. The third-order valence-electron chi connectivity index (χ3n) is 2.00. The molecule has 0 bridgehead atoms. The van der Waals surface area contributed by atoms with Gasteiger partial charge < -0.3 is 0 Å². The van der Waals surface area contributed by atoms with Gasteiger partial charge in [-0.2, -0.15) is 0 Å². The average molecular weight is 462 g/mol. The second-order valence-corrected chi connectivity index (χ2v) is 6.98. The van der Waals surface area contributed by atoms with Crippen molar-refractivity contribution in [2.45, 2.75) is 19.0 Å². The molecule has 0 fully saturated rings. The van der Waals surface area contributed by atoms with Gasteiger partial charge in [-0.3, -0.25) is 0 Å². The van der Waals surface area contributed by atoms with Gasteiger partial charge >= 0.3 is 131 Å². The molecule has 0 saturated heterocycles. The zero-order valence-corrected chi connectivity index (χ0v) is 12.8. The van der Waals surface area contributed by atoms with E-state index >= 15 is 0 Å². The molecule has 0 unspecified atom stereocenters. The van der Waals surface area contributed by atoms with Gasteiger partial charge in [0.2, 0.25) is 0 Å². The molecule has 23 heavy (non-hydrogen) atoms. The maximum atomic E-state index is 12.4. The molecule has 0 radical (unpaired) electrons. The predicted octanol–water partition coefficient (Wildman–Crippen LogP) is 3.83. The van der Waals surface area contributed by atoms with Gasteiger partial charge in [0.15, 0.2) is 0 Å². The van der Waals surface area contributed by atoms with Gasteiger partial charge in [-0.1, -0.05) is 0 Å². The quantitative estimate of drug-likeness (QED) is 0.494. The van der Waals surface area contributed by atoms with E-state index < -0.39 is 57.2 Å². The fraction of sp³-hybridized carbons (Fsp3) is 0.273. The molecule has 0 aliphatic rings. The molecule has 130 valence electrons. The van der Waals surface area contributed by atoms with Crippen molar-refractivity contribution in [2.24, 2.45) is 0 Å². The Morgan fingerprint density at radius 1 is 0.870 bits per heavy atom. The Morgan fingerprint density at radius 3 is 1.57 bits per heavy atom. The van der Waals surface area contributed by atoms with E-state index in [1.165, 1.54) is 0 Å². The monoisotopic (exact) mass is 462 g/mol. The van der Waals surface area contributed by atoms with Crippen molar-refractivity contribution in [3.05, 3.63) is 33.4 Å². The number of benzene rings is 1. The van der Waals surface area contributed by atoms with Crippen molar-refractivity contribution in [1.82, 2.24) is 0 Å². The molecule has 12 heteroatoms. The van der Waals surface area contributed by atoms with E-state index in [2.05, 4.69) is 6.13 Å². The molecular formula is C11H6F7IO4. The number of hydrogen-bond donors (Lipinski definition) is 0. The predicted molar refractivity (Wildman–Crippen MR) is 68.4 cm³/mol. The molecule has 0 atom stereocenters. The van der Waals surface area contributed by atoms with Gasteiger partial charge in [-0.15, -0.1) is 0 Å². The Labute approximate surface area is 132 Å². The molecule has 0 N–H and O–H groups in total. The Bertz CT molecular complexity index is 536. The van der Waals surface area contributed by atoms with E-state index in [1.54, 1.807) is 0 Å². The average Bonchev–Trinajstić information content (AvgIpc) is 2.45. The maximum absolute atomic E-state index is 12.4. The van der Waals surface area contributed by atoms with Crippen molar-refractivity contribution >= 4 is 32.6 Å². The molecule has 4 nitrogen and oxygen atoms in total. The third kappa shape index (κ3) is 5.84. The van der Waals surface area contributed by atoms with Crippen molar-refractivity contribution in [2.75, 3.05) is 0 Å².